The maximum atomic E-state index is 13.5. The number of anilines is 2. The van der Waals surface area contributed by atoms with E-state index in [9.17, 15) is 13.6 Å². The minimum Gasteiger partial charge on any atom is -0.384 e. The van der Waals surface area contributed by atoms with Crippen LogP contribution in [0.2, 0.25) is 0 Å². The standard InChI is InChI=1S/C15H15F2N3O/c1-2-8-18-10-6-7-13(19-9-10)15(21)20-12-5-3-4-11(16)14(12)17/h3-7,9,18H,2,8H2,1H3,(H,20,21). The van der Waals surface area contributed by atoms with Crippen LogP contribution in [0.1, 0.15) is 23.8 Å². The van der Waals surface area contributed by atoms with E-state index in [-0.39, 0.29) is 11.4 Å². The van der Waals surface area contributed by atoms with Gasteiger partial charge < -0.3 is 10.6 Å². The average Bonchev–Trinajstić information content (AvgIpc) is 2.50. The molecule has 0 aliphatic heterocycles. The molecule has 0 aliphatic carbocycles. The van der Waals surface area contributed by atoms with Crippen LogP contribution in [-0.2, 0) is 0 Å². The molecular formula is C15H15F2N3O. The molecule has 0 saturated carbocycles. The lowest BCUT2D eigenvalue weighted by atomic mass is 10.2. The zero-order valence-corrected chi connectivity index (χ0v) is 11.5. The molecule has 0 unspecified atom stereocenters. The van der Waals surface area contributed by atoms with E-state index < -0.39 is 17.5 Å². The van der Waals surface area contributed by atoms with Crippen molar-refractivity contribution in [1.82, 2.24) is 4.98 Å². The summed E-state index contributed by atoms with van der Waals surface area (Å²) >= 11 is 0. The van der Waals surface area contributed by atoms with Gasteiger partial charge in [-0.15, -0.1) is 0 Å². The van der Waals surface area contributed by atoms with Crippen molar-refractivity contribution in [2.75, 3.05) is 17.2 Å². The highest BCUT2D eigenvalue weighted by atomic mass is 19.2. The lowest BCUT2D eigenvalue weighted by Gasteiger charge is -2.07. The number of benzene rings is 1. The topological polar surface area (TPSA) is 54.0 Å². The number of carbonyl (C=O) groups is 1. The molecular weight excluding hydrogens is 276 g/mol. The lowest BCUT2D eigenvalue weighted by molar-refractivity contribution is 0.102. The SMILES string of the molecule is CCCNc1ccc(C(=O)Nc2cccc(F)c2F)nc1. The molecule has 2 N–H and O–H groups in total. The third kappa shape index (κ3) is 3.75. The molecule has 4 nitrogen and oxygen atoms in total. The molecule has 1 heterocycles. The van der Waals surface area contributed by atoms with Gasteiger partial charge in [-0.25, -0.2) is 13.8 Å². The Labute approximate surface area is 121 Å². The zero-order valence-electron chi connectivity index (χ0n) is 11.5. The van der Waals surface area contributed by atoms with Gasteiger partial charge >= 0.3 is 0 Å². The summed E-state index contributed by atoms with van der Waals surface area (Å²) in [7, 11) is 0. The average molecular weight is 291 g/mol. The summed E-state index contributed by atoms with van der Waals surface area (Å²) in [4.78, 5) is 15.9. The van der Waals surface area contributed by atoms with E-state index in [0.717, 1.165) is 24.7 Å². The first-order chi connectivity index (χ1) is 10.1. The van der Waals surface area contributed by atoms with Crippen LogP contribution in [0.25, 0.3) is 0 Å². The lowest BCUT2D eigenvalue weighted by Crippen LogP contribution is -2.15. The van der Waals surface area contributed by atoms with Crippen molar-refractivity contribution >= 4 is 17.3 Å². The van der Waals surface area contributed by atoms with Crippen molar-refractivity contribution in [3.8, 4) is 0 Å². The zero-order chi connectivity index (χ0) is 15.2. The second kappa shape index (κ2) is 6.78. The van der Waals surface area contributed by atoms with Crippen molar-refractivity contribution in [3.63, 3.8) is 0 Å². The highest BCUT2D eigenvalue weighted by molar-refractivity contribution is 6.03. The van der Waals surface area contributed by atoms with Crippen LogP contribution in [0.3, 0.4) is 0 Å². The van der Waals surface area contributed by atoms with Crippen molar-refractivity contribution in [2.45, 2.75) is 13.3 Å². The van der Waals surface area contributed by atoms with Crippen molar-refractivity contribution in [2.24, 2.45) is 0 Å². The minimum absolute atomic E-state index is 0.126. The van der Waals surface area contributed by atoms with Crippen molar-refractivity contribution < 1.29 is 13.6 Å². The minimum atomic E-state index is -1.09. The van der Waals surface area contributed by atoms with Gasteiger partial charge in [0.25, 0.3) is 5.91 Å². The Balaban J connectivity index is 2.08. The predicted octanol–water partition coefficient (Wildman–Crippen LogP) is 3.43. The maximum Gasteiger partial charge on any atom is 0.274 e. The van der Waals surface area contributed by atoms with Crippen LogP contribution in [0, 0.1) is 11.6 Å². The Bertz CT molecular complexity index is 629. The first-order valence-electron chi connectivity index (χ1n) is 6.57. The van der Waals surface area contributed by atoms with E-state index in [1.807, 2.05) is 6.92 Å². The van der Waals surface area contributed by atoms with Gasteiger partial charge in [0.15, 0.2) is 11.6 Å². The summed E-state index contributed by atoms with van der Waals surface area (Å²) in [5, 5.41) is 5.42. The molecule has 2 aromatic rings. The number of carbonyl (C=O) groups excluding carboxylic acids is 1. The van der Waals surface area contributed by atoms with E-state index in [1.165, 1.54) is 24.4 Å². The molecule has 1 aromatic heterocycles. The molecule has 0 saturated heterocycles. The highest BCUT2D eigenvalue weighted by Crippen LogP contribution is 2.17. The largest absolute Gasteiger partial charge is 0.384 e. The number of pyridine rings is 1. The Kier molecular flexibility index (Phi) is 4.81. The van der Waals surface area contributed by atoms with Crippen LogP contribution in [-0.4, -0.2) is 17.4 Å². The van der Waals surface area contributed by atoms with E-state index in [0.29, 0.717) is 0 Å². The number of halogens is 2. The number of nitrogens with zero attached hydrogens (tertiary/aromatic N) is 1. The summed E-state index contributed by atoms with van der Waals surface area (Å²) in [6, 6.07) is 6.81. The summed E-state index contributed by atoms with van der Waals surface area (Å²) in [5.41, 5.74) is 0.709. The first kappa shape index (κ1) is 14.9. The van der Waals surface area contributed by atoms with Crippen molar-refractivity contribution in [3.05, 3.63) is 53.9 Å². The van der Waals surface area contributed by atoms with Gasteiger partial charge in [0.05, 0.1) is 17.6 Å². The van der Waals surface area contributed by atoms with Gasteiger partial charge in [0.2, 0.25) is 0 Å². The summed E-state index contributed by atoms with van der Waals surface area (Å²) in [5.74, 6) is -2.70. The van der Waals surface area contributed by atoms with Crippen LogP contribution < -0.4 is 10.6 Å². The number of aromatic nitrogens is 1. The Morgan fingerprint density at radius 2 is 2.05 bits per heavy atom. The molecule has 0 radical (unpaired) electrons. The first-order valence-corrected chi connectivity index (χ1v) is 6.57. The molecule has 0 spiro atoms. The Hall–Kier alpha value is -2.50. The van der Waals surface area contributed by atoms with E-state index in [1.54, 1.807) is 6.07 Å². The van der Waals surface area contributed by atoms with Gasteiger partial charge in [0, 0.05) is 6.54 Å². The van der Waals surface area contributed by atoms with E-state index in [4.69, 9.17) is 0 Å². The second-order valence-corrected chi connectivity index (χ2v) is 4.41. The summed E-state index contributed by atoms with van der Waals surface area (Å²) < 4.78 is 26.5. The molecule has 2 rings (SSSR count). The number of hydrogen-bond donors (Lipinski definition) is 2. The number of rotatable bonds is 5. The fourth-order valence-electron chi connectivity index (χ4n) is 1.69. The third-order valence-electron chi connectivity index (χ3n) is 2.78. The van der Waals surface area contributed by atoms with Gasteiger partial charge in [-0.05, 0) is 30.7 Å². The monoisotopic (exact) mass is 291 g/mol. The normalized spacial score (nSPS) is 10.2. The highest BCUT2D eigenvalue weighted by Gasteiger charge is 2.12. The Morgan fingerprint density at radius 3 is 2.71 bits per heavy atom. The smallest absolute Gasteiger partial charge is 0.274 e. The van der Waals surface area contributed by atoms with Crippen LogP contribution in [0.15, 0.2) is 36.5 Å². The molecule has 1 amide bonds. The molecule has 21 heavy (non-hydrogen) atoms. The van der Waals surface area contributed by atoms with Gasteiger partial charge in [-0.1, -0.05) is 13.0 Å². The molecule has 0 atom stereocenters. The van der Waals surface area contributed by atoms with Gasteiger partial charge in [-0.3, -0.25) is 4.79 Å². The van der Waals surface area contributed by atoms with E-state index in [2.05, 4.69) is 15.6 Å². The van der Waals surface area contributed by atoms with Gasteiger partial charge in [0.1, 0.15) is 5.69 Å². The quantitative estimate of drug-likeness (QED) is 0.887. The van der Waals surface area contributed by atoms with Crippen molar-refractivity contribution in [1.29, 1.82) is 0 Å². The van der Waals surface area contributed by atoms with Crippen LogP contribution in [0.5, 0.6) is 0 Å². The van der Waals surface area contributed by atoms with Gasteiger partial charge in [-0.2, -0.15) is 0 Å². The van der Waals surface area contributed by atoms with Crippen LogP contribution >= 0.6 is 0 Å². The predicted molar refractivity (Wildman–Crippen MR) is 77.3 cm³/mol. The Morgan fingerprint density at radius 1 is 1.24 bits per heavy atom. The molecule has 0 fully saturated rings. The number of hydrogen-bond acceptors (Lipinski definition) is 3. The molecule has 0 aliphatic rings. The molecule has 6 heteroatoms. The maximum absolute atomic E-state index is 13.5. The molecule has 1 aromatic carbocycles. The summed E-state index contributed by atoms with van der Waals surface area (Å²) in [6.07, 6.45) is 2.49. The fourth-order valence-corrected chi connectivity index (χ4v) is 1.69. The molecule has 110 valence electrons. The van der Waals surface area contributed by atoms with E-state index >= 15 is 0 Å². The second-order valence-electron chi connectivity index (χ2n) is 4.41. The number of nitrogens with one attached hydrogen (secondary N) is 2. The molecule has 0 bridgehead atoms. The third-order valence-corrected chi connectivity index (χ3v) is 2.78. The van der Waals surface area contributed by atoms with Crippen LogP contribution in [0.4, 0.5) is 20.2 Å². The summed E-state index contributed by atoms with van der Waals surface area (Å²) in [6.45, 7) is 2.84. The number of amides is 1. The fraction of sp³-hybridized carbons (Fsp3) is 0.200.